The predicted octanol–water partition coefficient (Wildman–Crippen LogP) is 3.90. The number of anilines is 1. The van der Waals surface area contributed by atoms with Crippen LogP contribution < -0.4 is 10.1 Å². The molecule has 2 aromatic carbocycles. The first-order chi connectivity index (χ1) is 13.7. The molecule has 1 aromatic heterocycles. The van der Waals surface area contributed by atoms with Crippen molar-refractivity contribution in [2.75, 3.05) is 19.0 Å². The minimum Gasteiger partial charge on any atom is -0.497 e. The summed E-state index contributed by atoms with van der Waals surface area (Å²) >= 11 is 0. The number of carbonyl (C=O) groups is 1. The van der Waals surface area contributed by atoms with Crippen molar-refractivity contribution in [3.63, 3.8) is 0 Å². The number of rotatable bonds is 5. The van der Waals surface area contributed by atoms with Gasteiger partial charge in [-0.25, -0.2) is 4.98 Å². The van der Waals surface area contributed by atoms with Crippen molar-refractivity contribution in [3.8, 4) is 5.75 Å². The number of benzene rings is 2. The van der Waals surface area contributed by atoms with Crippen molar-refractivity contribution in [2.45, 2.75) is 19.5 Å². The van der Waals surface area contributed by atoms with Crippen molar-refractivity contribution in [1.29, 1.82) is 0 Å². The Hall–Kier alpha value is -3.34. The molecule has 4 rings (SSSR count). The molecule has 3 aromatic rings. The Balaban J connectivity index is 1.37. The second kappa shape index (κ2) is 8.13. The van der Waals surface area contributed by atoms with Gasteiger partial charge in [0.2, 0.25) is 0 Å². The standard InChI is InChI=1S/C23H23N3O2/c1-28-21-9-6-17(7-10-21)14-24-22-11-8-19(15-25-22)23(27)26-13-12-18-4-2-3-5-20(18)16-26/h2-11,15H,12-14,16H2,1H3,(H,24,25). The summed E-state index contributed by atoms with van der Waals surface area (Å²) in [6.07, 6.45) is 2.55. The van der Waals surface area contributed by atoms with E-state index in [0.29, 0.717) is 18.7 Å². The molecule has 0 unspecified atom stereocenters. The largest absolute Gasteiger partial charge is 0.497 e. The second-order valence-corrected chi connectivity index (χ2v) is 6.88. The van der Waals surface area contributed by atoms with E-state index < -0.39 is 0 Å². The van der Waals surface area contributed by atoms with Crippen molar-refractivity contribution in [3.05, 3.63) is 89.1 Å². The van der Waals surface area contributed by atoms with Gasteiger partial charge in [-0.15, -0.1) is 0 Å². The minimum atomic E-state index is 0.0312. The Labute approximate surface area is 165 Å². The van der Waals surface area contributed by atoms with Crippen molar-refractivity contribution >= 4 is 11.7 Å². The second-order valence-electron chi connectivity index (χ2n) is 6.88. The highest BCUT2D eigenvalue weighted by Gasteiger charge is 2.21. The van der Waals surface area contributed by atoms with Crippen LogP contribution in [0.3, 0.4) is 0 Å². The van der Waals surface area contributed by atoms with Crippen LogP contribution in [0.25, 0.3) is 0 Å². The van der Waals surface area contributed by atoms with Crippen LogP contribution in [0.1, 0.15) is 27.0 Å². The van der Waals surface area contributed by atoms with Gasteiger partial charge in [-0.2, -0.15) is 0 Å². The lowest BCUT2D eigenvalue weighted by atomic mass is 9.99. The molecule has 0 aliphatic carbocycles. The summed E-state index contributed by atoms with van der Waals surface area (Å²) in [5.41, 5.74) is 4.32. The lowest BCUT2D eigenvalue weighted by Gasteiger charge is -2.28. The maximum atomic E-state index is 12.8. The highest BCUT2D eigenvalue weighted by Crippen LogP contribution is 2.20. The number of aromatic nitrogens is 1. The van der Waals surface area contributed by atoms with Gasteiger partial charge < -0.3 is 15.0 Å². The number of fused-ring (bicyclic) bond motifs is 1. The van der Waals surface area contributed by atoms with Gasteiger partial charge in [0, 0.05) is 25.8 Å². The normalized spacial score (nSPS) is 13.0. The van der Waals surface area contributed by atoms with E-state index in [0.717, 1.165) is 30.1 Å². The number of hydrogen-bond acceptors (Lipinski definition) is 4. The molecule has 1 N–H and O–H groups in total. The van der Waals surface area contributed by atoms with Gasteiger partial charge in [-0.1, -0.05) is 36.4 Å². The highest BCUT2D eigenvalue weighted by molar-refractivity contribution is 5.94. The Kier molecular flexibility index (Phi) is 5.24. The summed E-state index contributed by atoms with van der Waals surface area (Å²) in [5.74, 6) is 1.62. The van der Waals surface area contributed by atoms with E-state index in [1.54, 1.807) is 13.3 Å². The van der Waals surface area contributed by atoms with Gasteiger partial charge in [-0.3, -0.25) is 4.79 Å². The molecular formula is C23H23N3O2. The number of carbonyl (C=O) groups excluding carboxylic acids is 1. The van der Waals surface area contributed by atoms with Crippen LogP contribution in [0.15, 0.2) is 66.9 Å². The predicted molar refractivity (Wildman–Crippen MR) is 109 cm³/mol. The molecule has 1 amide bonds. The molecule has 0 saturated carbocycles. The molecule has 0 saturated heterocycles. The number of nitrogens with one attached hydrogen (secondary N) is 1. The third kappa shape index (κ3) is 3.98. The lowest BCUT2D eigenvalue weighted by Crippen LogP contribution is -2.35. The van der Waals surface area contributed by atoms with Crippen LogP contribution in [0.4, 0.5) is 5.82 Å². The summed E-state index contributed by atoms with van der Waals surface area (Å²) in [6, 6.07) is 19.9. The van der Waals surface area contributed by atoms with E-state index in [1.165, 1.54) is 11.1 Å². The van der Waals surface area contributed by atoms with Crippen LogP contribution in [0.2, 0.25) is 0 Å². The summed E-state index contributed by atoms with van der Waals surface area (Å²) in [5, 5.41) is 3.28. The zero-order valence-electron chi connectivity index (χ0n) is 15.9. The van der Waals surface area contributed by atoms with Crippen LogP contribution >= 0.6 is 0 Å². The fourth-order valence-corrected chi connectivity index (χ4v) is 3.41. The van der Waals surface area contributed by atoms with E-state index in [-0.39, 0.29) is 5.91 Å². The summed E-state index contributed by atoms with van der Waals surface area (Å²) in [6.45, 7) is 2.06. The SMILES string of the molecule is COc1ccc(CNc2ccc(C(=O)N3CCc4ccccc4C3)cn2)cc1. The average molecular weight is 373 g/mol. The first kappa shape index (κ1) is 18.0. The van der Waals surface area contributed by atoms with Gasteiger partial charge in [0.15, 0.2) is 0 Å². The maximum Gasteiger partial charge on any atom is 0.255 e. The average Bonchev–Trinajstić information content (AvgIpc) is 2.77. The van der Waals surface area contributed by atoms with Gasteiger partial charge in [0.1, 0.15) is 11.6 Å². The molecule has 1 aliphatic heterocycles. The third-order valence-corrected chi connectivity index (χ3v) is 5.06. The minimum absolute atomic E-state index is 0.0312. The molecule has 2 heterocycles. The van der Waals surface area contributed by atoms with Crippen molar-refractivity contribution in [2.24, 2.45) is 0 Å². The Bertz CT molecular complexity index is 952. The topological polar surface area (TPSA) is 54.5 Å². The molecular weight excluding hydrogens is 350 g/mol. The van der Waals surface area contributed by atoms with E-state index in [9.17, 15) is 4.79 Å². The van der Waals surface area contributed by atoms with E-state index in [1.807, 2.05) is 47.4 Å². The monoisotopic (exact) mass is 373 g/mol. The summed E-state index contributed by atoms with van der Waals surface area (Å²) in [4.78, 5) is 19.1. The molecule has 0 spiro atoms. The molecule has 1 aliphatic rings. The molecule has 142 valence electrons. The molecule has 28 heavy (non-hydrogen) atoms. The van der Waals surface area contributed by atoms with Crippen molar-refractivity contribution < 1.29 is 9.53 Å². The smallest absolute Gasteiger partial charge is 0.255 e. The highest BCUT2D eigenvalue weighted by atomic mass is 16.5. The fourth-order valence-electron chi connectivity index (χ4n) is 3.41. The zero-order valence-corrected chi connectivity index (χ0v) is 15.9. The van der Waals surface area contributed by atoms with E-state index in [2.05, 4.69) is 28.5 Å². The molecule has 5 nitrogen and oxygen atoms in total. The Morgan fingerprint density at radius 3 is 2.57 bits per heavy atom. The summed E-state index contributed by atoms with van der Waals surface area (Å²) in [7, 11) is 1.66. The van der Waals surface area contributed by atoms with Gasteiger partial charge >= 0.3 is 0 Å². The first-order valence-electron chi connectivity index (χ1n) is 9.42. The third-order valence-electron chi connectivity index (χ3n) is 5.06. The van der Waals surface area contributed by atoms with Crippen molar-refractivity contribution in [1.82, 2.24) is 9.88 Å². The molecule has 0 radical (unpaired) electrons. The number of methoxy groups -OCH3 is 1. The van der Waals surface area contributed by atoms with Gasteiger partial charge in [-0.05, 0) is 47.4 Å². The number of hydrogen-bond donors (Lipinski definition) is 1. The van der Waals surface area contributed by atoms with Crippen LogP contribution in [-0.4, -0.2) is 29.4 Å². The Morgan fingerprint density at radius 1 is 1.07 bits per heavy atom. The van der Waals surface area contributed by atoms with E-state index >= 15 is 0 Å². The molecule has 0 fully saturated rings. The maximum absolute atomic E-state index is 12.8. The molecule has 0 atom stereocenters. The number of amides is 1. The fraction of sp³-hybridized carbons (Fsp3) is 0.217. The number of ether oxygens (including phenoxy) is 1. The number of pyridine rings is 1. The van der Waals surface area contributed by atoms with Crippen LogP contribution in [-0.2, 0) is 19.5 Å². The van der Waals surface area contributed by atoms with Crippen LogP contribution in [0, 0.1) is 0 Å². The Morgan fingerprint density at radius 2 is 1.86 bits per heavy atom. The number of nitrogens with zero attached hydrogens (tertiary/aromatic N) is 2. The lowest BCUT2D eigenvalue weighted by molar-refractivity contribution is 0.0734. The zero-order chi connectivity index (χ0) is 19.3. The molecule has 5 heteroatoms. The van der Waals surface area contributed by atoms with Gasteiger partial charge in [0.25, 0.3) is 5.91 Å². The first-order valence-corrected chi connectivity index (χ1v) is 9.42. The summed E-state index contributed by atoms with van der Waals surface area (Å²) < 4.78 is 5.17. The van der Waals surface area contributed by atoms with Gasteiger partial charge in [0.05, 0.1) is 12.7 Å². The quantitative estimate of drug-likeness (QED) is 0.737. The van der Waals surface area contributed by atoms with Crippen LogP contribution in [0.5, 0.6) is 5.75 Å². The van der Waals surface area contributed by atoms with E-state index in [4.69, 9.17) is 4.74 Å². The molecule has 0 bridgehead atoms.